The zero-order valence-electron chi connectivity index (χ0n) is 10.6. The van der Waals surface area contributed by atoms with E-state index in [0.717, 1.165) is 25.7 Å². The second-order valence-corrected chi connectivity index (χ2v) is 4.14. The minimum atomic E-state index is -0.274. The fraction of sp³-hybridized carbons (Fsp3) is 1.00. The number of aliphatic hydroxyl groups excluding tert-OH is 4. The van der Waals surface area contributed by atoms with E-state index in [2.05, 4.69) is 0 Å². The highest BCUT2D eigenvalue weighted by Crippen LogP contribution is 1.98. The van der Waals surface area contributed by atoms with Crippen LogP contribution >= 0.6 is 0 Å². The van der Waals surface area contributed by atoms with E-state index in [1.54, 1.807) is 13.8 Å². The Hall–Kier alpha value is -0.160. The third-order valence-electron chi connectivity index (χ3n) is 2.07. The topological polar surface area (TPSA) is 80.9 Å². The SMILES string of the molecule is CC(O)CCC(C)O.OCCCCCCO. The number of hydrogen-bond donors (Lipinski definition) is 4. The van der Waals surface area contributed by atoms with E-state index >= 15 is 0 Å². The number of unbranched alkanes of at least 4 members (excludes halogenated alkanes) is 3. The second-order valence-electron chi connectivity index (χ2n) is 4.14. The van der Waals surface area contributed by atoms with Gasteiger partial charge in [-0.15, -0.1) is 0 Å². The molecule has 0 aromatic rings. The molecule has 16 heavy (non-hydrogen) atoms. The summed E-state index contributed by atoms with van der Waals surface area (Å²) in [6.45, 7) is 4.02. The Morgan fingerprint density at radius 1 is 0.688 bits per heavy atom. The molecule has 0 heterocycles. The summed E-state index contributed by atoms with van der Waals surface area (Å²) >= 11 is 0. The molecule has 4 nitrogen and oxygen atoms in total. The van der Waals surface area contributed by atoms with Gasteiger partial charge in [-0.1, -0.05) is 12.8 Å². The van der Waals surface area contributed by atoms with Crippen molar-refractivity contribution < 1.29 is 20.4 Å². The van der Waals surface area contributed by atoms with Crippen molar-refractivity contribution in [3.8, 4) is 0 Å². The molecule has 0 aromatic carbocycles. The first-order valence-electron chi connectivity index (χ1n) is 6.12. The lowest BCUT2D eigenvalue weighted by molar-refractivity contribution is 0.133. The third-order valence-corrected chi connectivity index (χ3v) is 2.07. The summed E-state index contributed by atoms with van der Waals surface area (Å²) in [6.07, 6.45) is 4.66. The predicted octanol–water partition coefficient (Wildman–Crippen LogP) is 1.06. The smallest absolute Gasteiger partial charge is 0.0513 e. The van der Waals surface area contributed by atoms with Gasteiger partial charge in [0.25, 0.3) is 0 Å². The first-order chi connectivity index (χ1) is 7.54. The molecule has 0 aliphatic rings. The zero-order chi connectivity index (χ0) is 12.8. The van der Waals surface area contributed by atoms with Gasteiger partial charge in [0.05, 0.1) is 12.2 Å². The molecule has 0 saturated carbocycles. The summed E-state index contributed by atoms with van der Waals surface area (Å²) < 4.78 is 0. The van der Waals surface area contributed by atoms with E-state index in [0.29, 0.717) is 12.8 Å². The predicted molar refractivity (Wildman–Crippen MR) is 65.2 cm³/mol. The molecule has 0 saturated heterocycles. The van der Waals surface area contributed by atoms with Crippen molar-refractivity contribution in [2.24, 2.45) is 0 Å². The Morgan fingerprint density at radius 3 is 1.19 bits per heavy atom. The first-order valence-corrected chi connectivity index (χ1v) is 6.12. The van der Waals surface area contributed by atoms with Crippen molar-refractivity contribution >= 4 is 0 Å². The van der Waals surface area contributed by atoms with Gasteiger partial charge in [0.15, 0.2) is 0 Å². The molecular formula is C12H28O4. The highest BCUT2D eigenvalue weighted by atomic mass is 16.3. The van der Waals surface area contributed by atoms with Crippen molar-refractivity contribution in [1.29, 1.82) is 0 Å². The largest absolute Gasteiger partial charge is 0.396 e. The Morgan fingerprint density at radius 2 is 1.00 bits per heavy atom. The van der Waals surface area contributed by atoms with Crippen LogP contribution in [0.25, 0.3) is 0 Å². The lowest BCUT2D eigenvalue weighted by Crippen LogP contribution is -2.06. The molecule has 0 radical (unpaired) electrons. The highest BCUT2D eigenvalue weighted by molar-refractivity contribution is 4.51. The Kier molecular flexibility index (Phi) is 16.9. The van der Waals surface area contributed by atoms with Crippen LogP contribution in [0, 0.1) is 0 Å². The molecule has 2 unspecified atom stereocenters. The van der Waals surface area contributed by atoms with Gasteiger partial charge in [0, 0.05) is 13.2 Å². The minimum absolute atomic E-state index is 0.274. The van der Waals surface area contributed by atoms with E-state index < -0.39 is 0 Å². The molecule has 2 atom stereocenters. The van der Waals surface area contributed by atoms with Gasteiger partial charge < -0.3 is 20.4 Å². The summed E-state index contributed by atoms with van der Waals surface area (Å²) in [5, 5.41) is 34.0. The van der Waals surface area contributed by atoms with Crippen LogP contribution in [0.2, 0.25) is 0 Å². The van der Waals surface area contributed by atoms with E-state index in [-0.39, 0.29) is 25.4 Å². The van der Waals surface area contributed by atoms with Crippen LogP contribution in [0.5, 0.6) is 0 Å². The molecule has 0 aliphatic carbocycles. The van der Waals surface area contributed by atoms with E-state index in [1.807, 2.05) is 0 Å². The molecule has 0 bridgehead atoms. The Bertz CT molecular complexity index is 102. The normalized spacial score (nSPS) is 13.9. The van der Waals surface area contributed by atoms with E-state index in [9.17, 15) is 0 Å². The van der Waals surface area contributed by atoms with Gasteiger partial charge >= 0.3 is 0 Å². The van der Waals surface area contributed by atoms with E-state index in [1.165, 1.54) is 0 Å². The molecule has 0 aliphatic heterocycles. The average Bonchev–Trinajstić information content (AvgIpc) is 2.23. The van der Waals surface area contributed by atoms with Crippen LogP contribution in [0.4, 0.5) is 0 Å². The van der Waals surface area contributed by atoms with Crippen LogP contribution in [-0.2, 0) is 0 Å². The molecule has 4 N–H and O–H groups in total. The van der Waals surface area contributed by atoms with Gasteiger partial charge in [-0.2, -0.15) is 0 Å². The Balaban J connectivity index is 0. The quantitative estimate of drug-likeness (QED) is 0.475. The van der Waals surface area contributed by atoms with Crippen LogP contribution < -0.4 is 0 Å². The third kappa shape index (κ3) is 23.6. The average molecular weight is 236 g/mol. The fourth-order valence-corrected chi connectivity index (χ4v) is 1.06. The van der Waals surface area contributed by atoms with Gasteiger partial charge in [-0.3, -0.25) is 0 Å². The van der Waals surface area contributed by atoms with Crippen LogP contribution in [0.1, 0.15) is 52.4 Å². The van der Waals surface area contributed by atoms with Crippen molar-refractivity contribution in [2.45, 2.75) is 64.6 Å². The molecule has 0 fully saturated rings. The Labute approximate surface area is 98.9 Å². The van der Waals surface area contributed by atoms with Crippen LogP contribution in [0.15, 0.2) is 0 Å². The standard InChI is InChI=1S/2C6H14O2/c1-5(7)3-4-6(2)8;7-5-3-1-2-4-6-8/h5-8H,3-4H2,1-2H3;7-8H,1-6H2. The maximum absolute atomic E-state index is 8.69. The van der Waals surface area contributed by atoms with Gasteiger partial charge in [0.2, 0.25) is 0 Å². The summed E-state index contributed by atoms with van der Waals surface area (Å²) in [6, 6.07) is 0. The lowest BCUT2D eigenvalue weighted by Gasteiger charge is -2.04. The van der Waals surface area contributed by atoms with Crippen LogP contribution in [0.3, 0.4) is 0 Å². The van der Waals surface area contributed by atoms with Crippen molar-refractivity contribution in [3.63, 3.8) is 0 Å². The minimum Gasteiger partial charge on any atom is -0.396 e. The number of hydrogen-bond acceptors (Lipinski definition) is 4. The molecular weight excluding hydrogens is 208 g/mol. The molecule has 100 valence electrons. The number of aliphatic hydroxyl groups is 4. The molecule has 0 spiro atoms. The number of rotatable bonds is 8. The van der Waals surface area contributed by atoms with Crippen molar-refractivity contribution in [3.05, 3.63) is 0 Å². The molecule has 0 amide bonds. The summed E-state index contributed by atoms with van der Waals surface area (Å²) in [5.74, 6) is 0. The molecule has 4 heteroatoms. The fourth-order valence-electron chi connectivity index (χ4n) is 1.06. The van der Waals surface area contributed by atoms with Crippen molar-refractivity contribution in [1.82, 2.24) is 0 Å². The summed E-state index contributed by atoms with van der Waals surface area (Å²) in [5.41, 5.74) is 0. The van der Waals surface area contributed by atoms with E-state index in [4.69, 9.17) is 20.4 Å². The summed E-state index contributed by atoms with van der Waals surface area (Å²) in [7, 11) is 0. The summed E-state index contributed by atoms with van der Waals surface area (Å²) in [4.78, 5) is 0. The first kappa shape index (κ1) is 18.2. The lowest BCUT2D eigenvalue weighted by atomic mass is 10.1. The van der Waals surface area contributed by atoms with Gasteiger partial charge in [-0.05, 0) is 39.5 Å². The second kappa shape index (κ2) is 14.8. The monoisotopic (exact) mass is 236 g/mol. The maximum atomic E-state index is 8.69. The van der Waals surface area contributed by atoms with Crippen molar-refractivity contribution in [2.75, 3.05) is 13.2 Å². The van der Waals surface area contributed by atoms with Gasteiger partial charge in [0.1, 0.15) is 0 Å². The highest BCUT2D eigenvalue weighted by Gasteiger charge is 1.98. The van der Waals surface area contributed by atoms with Crippen LogP contribution in [-0.4, -0.2) is 45.8 Å². The molecule has 0 aromatic heterocycles. The zero-order valence-corrected chi connectivity index (χ0v) is 10.6. The maximum Gasteiger partial charge on any atom is 0.0513 e. The molecule has 0 rings (SSSR count). The van der Waals surface area contributed by atoms with Gasteiger partial charge in [-0.25, -0.2) is 0 Å².